The molecule has 32 heavy (non-hydrogen) atoms. The van der Waals surface area contributed by atoms with Crippen LogP contribution in [0.15, 0.2) is 56.5 Å². The first kappa shape index (κ1) is 21.8. The maximum Gasteiger partial charge on any atom is 0.308 e. The second-order valence-electron chi connectivity index (χ2n) is 6.76. The van der Waals surface area contributed by atoms with Crippen LogP contribution < -0.4 is 25.1 Å². The van der Waals surface area contributed by atoms with E-state index in [0.29, 0.717) is 20.3 Å². The minimum atomic E-state index is -0.486. The highest BCUT2D eigenvalue weighted by Gasteiger charge is 2.15. The first-order valence-electron chi connectivity index (χ1n) is 9.40. The molecule has 0 aliphatic heterocycles. The molecule has 0 radical (unpaired) electrons. The summed E-state index contributed by atoms with van der Waals surface area (Å²) in [4.78, 5) is 40.9. The molecule has 0 fully saturated rings. The molecular weight excluding hydrogens is 498 g/mol. The third-order valence-corrected chi connectivity index (χ3v) is 6.01. The SMILES string of the molecule is COc1cc(C=c2sc3nc(=O)c(Cc4ccccc4)nn3c2=O)cc(Br)c1OC(C)=O. The van der Waals surface area contributed by atoms with Gasteiger partial charge in [0.05, 0.1) is 16.1 Å². The van der Waals surface area contributed by atoms with Gasteiger partial charge in [0, 0.05) is 13.3 Å². The monoisotopic (exact) mass is 513 g/mol. The summed E-state index contributed by atoms with van der Waals surface area (Å²) in [5.41, 5.74) is 0.881. The van der Waals surface area contributed by atoms with E-state index < -0.39 is 11.5 Å². The van der Waals surface area contributed by atoms with Gasteiger partial charge in [-0.2, -0.15) is 14.6 Å². The summed E-state index contributed by atoms with van der Waals surface area (Å²) in [5.74, 6) is 0.0840. The number of esters is 1. The van der Waals surface area contributed by atoms with Gasteiger partial charge in [0.15, 0.2) is 11.5 Å². The lowest BCUT2D eigenvalue weighted by Gasteiger charge is -2.10. The van der Waals surface area contributed by atoms with Gasteiger partial charge in [-0.05, 0) is 45.3 Å². The molecule has 0 amide bonds. The number of fused-ring (bicyclic) bond motifs is 1. The third-order valence-electron chi connectivity index (χ3n) is 4.46. The number of hydrogen-bond donors (Lipinski definition) is 0. The lowest BCUT2D eigenvalue weighted by Crippen LogP contribution is -2.28. The van der Waals surface area contributed by atoms with E-state index in [2.05, 4.69) is 26.0 Å². The van der Waals surface area contributed by atoms with Crippen molar-refractivity contribution in [3.63, 3.8) is 0 Å². The second kappa shape index (κ2) is 9.01. The largest absolute Gasteiger partial charge is 0.493 e. The molecule has 0 unspecified atom stereocenters. The predicted octanol–water partition coefficient (Wildman–Crippen LogP) is 2.35. The average molecular weight is 514 g/mol. The van der Waals surface area contributed by atoms with Gasteiger partial charge in [-0.3, -0.25) is 14.4 Å². The standard InChI is InChI=1S/C22H16BrN3O5S/c1-12(27)31-19-15(23)8-14(10-17(19)30-2)11-18-21(29)26-22(32-18)24-20(28)16(25-26)9-13-6-4-3-5-7-13/h3-8,10-11H,9H2,1-2H3. The van der Waals surface area contributed by atoms with Crippen LogP contribution in [-0.2, 0) is 11.2 Å². The van der Waals surface area contributed by atoms with Crippen molar-refractivity contribution in [3.8, 4) is 11.5 Å². The molecule has 0 spiro atoms. The maximum atomic E-state index is 12.9. The van der Waals surface area contributed by atoms with Crippen LogP contribution in [0.25, 0.3) is 11.0 Å². The van der Waals surface area contributed by atoms with Crippen molar-refractivity contribution in [3.05, 3.63) is 89.0 Å². The molecule has 2 aromatic heterocycles. The molecule has 0 atom stereocenters. The van der Waals surface area contributed by atoms with Crippen LogP contribution in [0.5, 0.6) is 11.5 Å². The number of aromatic nitrogens is 3. The molecule has 0 N–H and O–H groups in total. The Bertz CT molecular complexity index is 1500. The van der Waals surface area contributed by atoms with Crippen LogP contribution in [0.2, 0.25) is 0 Å². The van der Waals surface area contributed by atoms with Crippen molar-refractivity contribution in [1.29, 1.82) is 0 Å². The first-order valence-corrected chi connectivity index (χ1v) is 11.0. The van der Waals surface area contributed by atoms with Gasteiger partial charge in [-0.15, -0.1) is 0 Å². The summed E-state index contributed by atoms with van der Waals surface area (Å²) in [6.45, 7) is 1.29. The lowest BCUT2D eigenvalue weighted by atomic mass is 10.1. The number of halogens is 1. The normalized spacial score (nSPS) is 11.7. The number of carbonyl (C=O) groups is 1. The number of nitrogens with zero attached hydrogens (tertiary/aromatic N) is 3. The Labute approximate surface area is 193 Å². The fourth-order valence-corrected chi connectivity index (χ4v) is 4.50. The smallest absolute Gasteiger partial charge is 0.308 e. The van der Waals surface area contributed by atoms with E-state index >= 15 is 0 Å². The van der Waals surface area contributed by atoms with Crippen molar-refractivity contribution < 1.29 is 14.3 Å². The molecule has 0 aliphatic rings. The minimum absolute atomic E-state index is 0.199. The van der Waals surface area contributed by atoms with Crippen LogP contribution in [0.1, 0.15) is 23.7 Å². The van der Waals surface area contributed by atoms with E-state index in [-0.39, 0.29) is 28.4 Å². The Balaban J connectivity index is 1.79. The number of methoxy groups -OCH3 is 1. The van der Waals surface area contributed by atoms with E-state index in [0.717, 1.165) is 21.4 Å². The molecule has 0 saturated carbocycles. The van der Waals surface area contributed by atoms with E-state index in [1.165, 1.54) is 14.0 Å². The second-order valence-corrected chi connectivity index (χ2v) is 8.63. The molecule has 0 saturated heterocycles. The van der Waals surface area contributed by atoms with Gasteiger partial charge in [0.1, 0.15) is 5.69 Å². The maximum absolute atomic E-state index is 12.9. The Morgan fingerprint density at radius 1 is 1.22 bits per heavy atom. The van der Waals surface area contributed by atoms with Crippen molar-refractivity contribution in [2.75, 3.05) is 7.11 Å². The quantitative estimate of drug-likeness (QED) is 0.298. The van der Waals surface area contributed by atoms with Crippen molar-refractivity contribution in [2.24, 2.45) is 0 Å². The fraction of sp³-hybridized carbons (Fsp3) is 0.136. The number of hydrogen-bond acceptors (Lipinski definition) is 8. The lowest BCUT2D eigenvalue weighted by molar-refractivity contribution is -0.132. The van der Waals surface area contributed by atoms with E-state index in [1.807, 2.05) is 30.3 Å². The molecule has 4 rings (SSSR count). The molecule has 0 aliphatic carbocycles. The fourth-order valence-electron chi connectivity index (χ4n) is 3.06. The number of rotatable bonds is 5. The van der Waals surface area contributed by atoms with Gasteiger partial charge in [0.2, 0.25) is 4.96 Å². The summed E-state index contributed by atoms with van der Waals surface area (Å²) >= 11 is 4.42. The van der Waals surface area contributed by atoms with Gasteiger partial charge in [0.25, 0.3) is 11.1 Å². The summed E-state index contributed by atoms with van der Waals surface area (Å²) in [6.07, 6.45) is 1.92. The average Bonchev–Trinajstić information content (AvgIpc) is 3.05. The van der Waals surface area contributed by atoms with Crippen molar-refractivity contribution in [2.45, 2.75) is 13.3 Å². The van der Waals surface area contributed by atoms with Crippen molar-refractivity contribution >= 4 is 44.3 Å². The van der Waals surface area contributed by atoms with Gasteiger partial charge < -0.3 is 9.47 Å². The Morgan fingerprint density at radius 2 is 1.97 bits per heavy atom. The predicted molar refractivity (Wildman–Crippen MR) is 123 cm³/mol. The highest BCUT2D eigenvalue weighted by molar-refractivity contribution is 9.10. The Morgan fingerprint density at radius 3 is 2.66 bits per heavy atom. The topological polar surface area (TPSA) is 99.9 Å². The van der Waals surface area contributed by atoms with Crippen LogP contribution in [0.3, 0.4) is 0 Å². The molecule has 0 bridgehead atoms. The van der Waals surface area contributed by atoms with Crippen LogP contribution in [-0.4, -0.2) is 27.7 Å². The zero-order valence-electron chi connectivity index (χ0n) is 17.0. The summed E-state index contributed by atoms with van der Waals surface area (Å²) in [6, 6.07) is 12.7. The molecule has 2 aromatic carbocycles. The minimum Gasteiger partial charge on any atom is -0.493 e. The van der Waals surface area contributed by atoms with E-state index in [9.17, 15) is 14.4 Å². The van der Waals surface area contributed by atoms with Gasteiger partial charge >= 0.3 is 5.97 Å². The Hall–Kier alpha value is -3.37. The van der Waals surface area contributed by atoms with E-state index in [4.69, 9.17) is 9.47 Å². The third kappa shape index (κ3) is 4.46. The zero-order valence-corrected chi connectivity index (χ0v) is 19.4. The molecule has 4 aromatic rings. The summed E-state index contributed by atoms with van der Waals surface area (Å²) < 4.78 is 12.5. The van der Waals surface area contributed by atoms with Gasteiger partial charge in [-0.25, -0.2) is 0 Å². The molecule has 8 nitrogen and oxygen atoms in total. The first-order chi connectivity index (χ1) is 15.4. The molecule has 162 valence electrons. The molecule has 2 heterocycles. The molecule has 10 heteroatoms. The Kier molecular flexibility index (Phi) is 6.15. The van der Waals surface area contributed by atoms with Crippen LogP contribution >= 0.6 is 27.3 Å². The number of thiazole rings is 1. The summed E-state index contributed by atoms with van der Waals surface area (Å²) in [5, 5.41) is 4.26. The van der Waals surface area contributed by atoms with Crippen LogP contribution in [0.4, 0.5) is 0 Å². The van der Waals surface area contributed by atoms with Crippen molar-refractivity contribution in [1.82, 2.24) is 14.6 Å². The van der Waals surface area contributed by atoms with E-state index in [1.54, 1.807) is 18.2 Å². The molecular formula is C22H16BrN3O5S. The summed E-state index contributed by atoms with van der Waals surface area (Å²) in [7, 11) is 1.45. The zero-order chi connectivity index (χ0) is 22.8. The van der Waals surface area contributed by atoms with Crippen LogP contribution in [0, 0.1) is 0 Å². The highest BCUT2D eigenvalue weighted by Crippen LogP contribution is 2.37. The number of carbonyl (C=O) groups excluding carboxylic acids is 1. The number of ether oxygens (including phenoxy) is 2. The highest BCUT2D eigenvalue weighted by atomic mass is 79.9. The number of benzene rings is 2. The van der Waals surface area contributed by atoms with Gasteiger partial charge in [-0.1, -0.05) is 41.7 Å².